The summed E-state index contributed by atoms with van der Waals surface area (Å²) in [6.07, 6.45) is -3.87. The summed E-state index contributed by atoms with van der Waals surface area (Å²) in [6.45, 7) is -0.311. The molecule has 55 heavy (non-hydrogen) atoms. The maximum atomic E-state index is 13.8. The van der Waals surface area contributed by atoms with Gasteiger partial charge in [-0.25, -0.2) is 14.4 Å². The number of carbonyl (C=O) groups excluding carboxylic acids is 4. The van der Waals surface area contributed by atoms with Crippen LogP contribution in [0.15, 0.2) is 151 Å². The van der Waals surface area contributed by atoms with Crippen LogP contribution in [-0.4, -0.2) is 53.3 Å². The van der Waals surface area contributed by atoms with Gasteiger partial charge in [0.05, 0.1) is 22.2 Å². The maximum absolute atomic E-state index is 13.8. The fourth-order valence-electron chi connectivity index (χ4n) is 6.24. The van der Waals surface area contributed by atoms with Crippen molar-refractivity contribution in [3.63, 3.8) is 0 Å². The van der Waals surface area contributed by atoms with Crippen molar-refractivity contribution in [1.82, 2.24) is 9.88 Å². The summed E-state index contributed by atoms with van der Waals surface area (Å²) in [6, 6.07) is 38.2. The first-order valence-corrected chi connectivity index (χ1v) is 17.7. The van der Waals surface area contributed by atoms with Gasteiger partial charge in [-0.2, -0.15) is 0 Å². The van der Waals surface area contributed by atoms with Gasteiger partial charge in [0.2, 0.25) is 5.43 Å². The minimum atomic E-state index is -1.38. The molecule has 7 rings (SSSR count). The lowest BCUT2D eigenvalue weighted by molar-refractivity contribution is -0.0605. The number of nitrogens with zero attached hydrogens (tertiary/aromatic N) is 1. The van der Waals surface area contributed by atoms with E-state index in [2.05, 4.69) is 5.32 Å². The molecule has 0 aliphatic carbocycles. The number of carbonyl (C=O) groups is 4. The van der Waals surface area contributed by atoms with E-state index in [0.717, 1.165) is 5.56 Å². The second-order valence-electron chi connectivity index (χ2n) is 12.6. The number of fused-ring (bicyclic) bond motifs is 1. The molecule has 1 aromatic heterocycles. The van der Waals surface area contributed by atoms with E-state index in [1.54, 1.807) is 140 Å². The van der Waals surface area contributed by atoms with Crippen LogP contribution in [0.4, 0.5) is 0 Å². The van der Waals surface area contributed by atoms with Crippen LogP contribution in [0.2, 0.25) is 5.02 Å². The first kappa shape index (κ1) is 36.8. The molecule has 1 fully saturated rings. The molecule has 6 aromatic rings. The summed E-state index contributed by atoms with van der Waals surface area (Å²) < 4.78 is 25.9. The summed E-state index contributed by atoms with van der Waals surface area (Å²) in [5, 5.41) is 3.50. The average Bonchev–Trinajstić information content (AvgIpc) is 3.56. The molecule has 276 valence electrons. The average molecular weight is 757 g/mol. The second kappa shape index (κ2) is 16.6. The number of aromatic nitrogens is 1. The summed E-state index contributed by atoms with van der Waals surface area (Å²) >= 11 is 6.02. The topological polar surface area (TPSA) is 139 Å². The molecular weight excluding hydrogens is 724 g/mol. The van der Waals surface area contributed by atoms with E-state index in [0.29, 0.717) is 10.5 Å². The Morgan fingerprint density at radius 2 is 1.18 bits per heavy atom. The lowest BCUT2D eigenvalue weighted by Crippen LogP contribution is -2.41. The van der Waals surface area contributed by atoms with Crippen LogP contribution < -0.4 is 10.7 Å². The van der Waals surface area contributed by atoms with Gasteiger partial charge in [-0.05, 0) is 66.2 Å². The maximum Gasteiger partial charge on any atom is 0.338 e. The van der Waals surface area contributed by atoms with Crippen molar-refractivity contribution in [2.45, 2.75) is 31.1 Å². The fraction of sp³-hybridized carbons (Fsp3) is 0.140. The van der Waals surface area contributed by atoms with Crippen LogP contribution >= 0.6 is 11.6 Å². The fourth-order valence-corrected chi connectivity index (χ4v) is 6.36. The van der Waals surface area contributed by atoms with Crippen molar-refractivity contribution in [2.75, 3.05) is 6.61 Å². The normalized spacial score (nSPS) is 17.6. The van der Waals surface area contributed by atoms with Crippen molar-refractivity contribution >= 4 is 46.3 Å². The van der Waals surface area contributed by atoms with Gasteiger partial charge in [0.25, 0.3) is 5.91 Å². The molecule has 0 saturated carbocycles. The van der Waals surface area contributed by atoms with E-state index in [1.807, 2.05) is 0 Å². The molecule has 0 radical (unpaired) electrons. The van der Waals surface area contributed by atoms with Gasteiger partial charge in [0.15, 0.2) is 18.4 Å². The molecule has 1 aliphatic rings. The van der Waals surface area contributed by atoms with E-state index in [4.69, 9.17) is 30.5 Å². The van der Waals surface area contributed by atoms with Gasteiger partial charge in [0.1, 0.15) is 18.3 Å². The van der Waals surface area contributed by atoms with Crippen LogP contribution in [0.25, 0.3) is 10.9 Å². The number of esters is 3. The number of hydrogen-bond acceptors (Lipinski definition) is 9. The molecular formula is C43H33ClN2O9. The zero-order chi connectivity index (χ0) is 38.3. The summed E-state index contributed by atoms with van der Waals surface area (Å²) in [7, 11) is 0. The number of halogens is 1. The quantitative estimate of drug-likeness (QED) is 0.112. The Hall–Kier alpha value is -6.56. The molecule has 0 unspecified atom stereocenters. The Balaban J connectivity index is 1.30. The summed E-state index contributed by atoms with van der Waals surface area (Å²) in [5.74, 6) is -2.84. The molecule has 5 aromatic carbocycles. The highest BCUT2D eigenvalue weighted by atomic mass is 35.5. The van der Waals surface area contributed by atoms with Gasteiger partial charge in [0, 0.05) is 23.2 Å². The van der Waals surface area contributed by atoms with Crippen LogP contribution in [0.1, 0.15) is 53.2 Å². The SMILES string of the molecule is O=C(OC[C@H]1O[C@@H](n2cc(C(=O)NCc3ccc(Cl)cc3)c(=O)c3ccccc32)[C@H](OC(=O)c2ccccc2)[C@@H]1OC(=O)c1ccccc1)c1ccccc1. The van der Waals surface area contributed by atoms with E-state index >= 15 is 0 Å². The van der Waals surface area contributed by atoms with Crippen LogP contribution in [0.3, 0.4) is 0 Å². The number of pyridine rings is 1. The largest absolute Gasteiger partial charge is 0.459 e. The van der Waals surface area contributed by atoms with Crippen molar-refractivity contribution < 1.29 is 38.1 Å². The van der Waals surface area contributed by atoms with Gasteiger partial charge < -0.3 is 28.8 Å². The second-order valence-corrected chi connectivity index (χ2v) is 13.0. The Morgan fingerprint density at radius 3 is 1.78 bits per heavy atom. The van der Waals surface area contributed by atoms with Crippen LogP contribution in [0.5, 0.6) is 0 Å². The highest BCUT2D eigenvalue weighted by Crippen LogP contribution is 2.37. The number of rotatable bonds is 11. The number of ether oxygens (including phenoxy) is 4. The van der Waals surface area contributed by atoms with Crippen LogP contribution in [-0.2, 0) is 25.5 Å². The highest BCUT2D eigenvalue weighted by molar-refractivity contribution is 6.30. The van der Waals surface area contributed by atoms with E-state index in [1.165, 1.54) is 10.8 Å². The van der Waals surface area contributed by atoms with Gasteiger partial charge in [-0.15, -0.1) is 0 Å². The monoisotopic (exact) mass is 756 g/mol. The minimum Gasteiger partial charge on any atom is -0.459 e. The summed E-state index contributed by atoms with van der Waals surface area (Å²) in [4.78, 5) is 68.0. The molecule has 1 amide bonds. The van der Waals surface area contributed by atoms with Gasteiger partial charge in [-0.1, -0.05) is 90.5 Å². The Kier molecular flexibility index (Phi) is 11.1. The van der Waals surface area contributed by atoms with E-state index in [-0.39, 0.29) is 34.2 Å². The van der Waals surface area contributed by atoms with Crippen molar-refractivity contribution in [2.24, 2.45) is 0 Å². The zero-order valence-corrected chi connectivity index (χ0v) is 29.8. The number of amides is 1. The molecule has 2 heterocycles. The number of para-hydroxylation sites is 1. The molecule has 0 spiro atoms. The van der Waals surface area contributed by atoms with E-state index < -0.39 is 60.4 Å². The van der Waals surface area contributed by atoms with Gasteiger partial charge >= 0.3 is 17.9 Å². The van der Waals surface area contributed by atoms with Crippen LogP contribution in [0, 0.1) is 0 Å². The highest BCUT2D eigenvalue weighted by Gasteiger charge is 2.51. The lowest BCUT2D eigenvalue weighted by Gasteiger charge is -2.26. The molecule has 1 aliphatic heterocycles. The smallest absolute Gasteiger partial charge is 0.338 e. The molecule has 0 bridgehead atoms. The Bertz CT molecular complexity index is 2390. The predicted octanol–water partition coefficient (Wildman–Crippen LogP) is 6.79. The lowest BCUT2D eigenvalue weighted by atomic mass is 10.1. The Labute approximate surface area is 320 Å². The zero-order valence-electron chi connectivity index (χ0n) is 29.1. The third kappa shape index (κ3) is 8.33. The summed E-state index contributed by atoms with van der Waals surface area (Å²) in [5.41, 5.74) is 1.03. The third-order valence-corrected chi connectivity index (χ3v) is 9.26. The number of benzene rings is 5. The van der Waals surface area contributed by atoms with Crippen molar-refractivity contribution in [3.8, 4) is 0 Å². The molecule has 1 saturated heterocycles. The molecule has 4 atom stereocenters. The van der Waals surface area contributed by atoms with Gasteiger partial charge in [-0.3, -0.25) is 9.59 Å². The first-order valence-electron chi connectivity index (χ1n) is 17.3. The Morgan fingerprint density at radius 1 is 0.655 bits per heavy atom. The minimum absolute atomic E-state index is 0.103. The van der Waals surface area contributed by atoms with Crippen molar-refractivity contribution in [3.05, 3.63) is 189 Å². The predicted molar refractivity (Wildman–Crippen MR) is 203 cm³/mol. The molecule has 12 heteroatoms. The standard InChI is InChI=1S/C43H33ClN2O9/c44-31-22-20-27(21-23-31)24-45-39(48)33-25-46(34-19-11-10-18-32(34)36(33)47)40-38(55-43(51)30-16-8-3-9-17-30)37(54-42(50)29-14-6-2-7-15-29)35(53-40)26-52-41(49)28-12-4-1-5-13-28/h1-23,25,35,37-38,40H,24,26H2,(H,45,48)/t35-,37-,38-,40-/m1/s1. The third-order valence-electron chi connectivity index (χ3n) is 9.00. The number of nitrogens with one attached hydrogen (secondary N) is 1. The molecule has 1 N–H and O–H groups in total. The first-order chi connectivity index (χ1) is 26.8. The number of hydrogen-bond donors (Lipinski definition) is 1. The molecule has 11 nitrogen and oxygen atoms in total. The van der Waals surface area contributed by atoms with Crippen molar-refractivity contribution in [1.29, 1.82) is 0 Å². The van der Waals surface area contributed by atoms with E-state index in [9.17, 15) is 24.0 Å².